The lowest BCUT2D eigenvalue weighted by atomic mass is 10.1. The van der Waals surface area contributed by atoms with E-state index >= 15 is 0 Å². The Morgan fingerprint density at radius 2 is 1.17 bits per heavy atom. The van der Waals surface area contributed by atoms with Crippen molar-refractivity contribution in [1.82, 2.24) is 0 Å². The van der Waals surface area contributed by atoms with Gasteiger partial charge in [-0.25, -0.2) is 0 Å². The van der Waals surface area contributed by atoms with E-state index in [-0.39, 0.29) is 12.1 Å². The summed E-state index contributed by atoms with van der Waals surface area (Å²) in [6.45, 7) is 3.03. The van der Waals surface area contributed by atoms with E-state index in [1.54, 1.807) is 14.2 Å². The van der Waals surface area contributed by atoms with Gasteiger partial charge in [0, 0.05) is 20.6 Å². The van der Waals surface area contributed by atoms with Crippen molar-refractivity contribution >= 4 is 5.97 Å². The van der Waals surface area contributed by atoms with Gasteiger partial charge in [-0.2, -0.15) is 0 Å². The maximum atomic E-state index is 11.7. The monoisotopic (exact) mass is 330 g/mol. The van der Waals surface area contributed by atoms with Crippen molar-refractivity contribution in [2.75, 3.05) is 27.4 Å². The molecule has 0 radical (unpaired) electrons. The van der Waals surface area contributed by atoms with E-state index in [9.17, 15) is 4.79 Å². The van der Waals surface area contributed by atoms with Crippen molar-refractivity contribution in [3.63, 3.8) is 0 Å². The highest BCUT2D eigenvalue weighted by atomic mass is 16.6. The first-order chi connectivity index (χ1) is 11.2. The van der Waals surface area contributed by atoms with Gasteiger partial charge in [0.05, 0.1) is 13.2 Å². The molecule has 0 atom stereocenters. The molecule has 138 valence electrons. The average Bonchev–Trinajstić information content (AvgIpc) is 2.53. The predicted molar refractivity (Wildman–Crippen MR) is 94.7 cm³/mol. The molecule has 0 heterocycles. The van der Waals surface area contributed by atoms with Crippen molar-refractivity contribution in [2.24, 2.45) is 0 Å². The predicted octanol–water partition coefficient (Wildman–Crippen LogP) is 4.89. The van der Waals surface area contributed by atoms with Crippen LogP contribution in [0, 0.1) is 0 Å². The number of esters is 1. The fraction of sp³-hybridized carbons (Fsp3) is 0.947. The van der Waals surface area contributed by atoms with E-state index in [1.165, 1.54) is 57.8 Å². The molecule has 0 aliphatic heterocycles. The minimum Gasteiger partial charge on any atom is -0.457 e. The Balaban J connectivity index is 3.37. The lowest BCUT2D eigenvalue weighted by Crippen LogP contribution is -2.27. The molecule has 0 saturated carbocycles. The molecule has 0 aromatic rings. The van der Waals surface area contributed by atoms with Crippen molar-refractivity contribution in [3.05, 3.63) is 0 Å². The Kier molecular flexibility index (Phi) is 17.3. The number of unbranched alkanes of at least 4 members (excludes halogenated alkanes) is 10. The lowest BCUT2D eigenvalue weighted by molar-refractivity contribution is -0.154. The number of carbonyl (C=O) groups excluding carboxylic acids is 1. The van der Waals surface area contributed by atoms with E-state index < -0.39 is 0 Å². The molecule has 0 aliphatic carbocycles. The van der Waals surface area contributed by atoms with Crippen LogP contribution in [0.5, 0.6) is 0 Å². The van der Waals surface area contributed by atoms with E-state index in [0.717, 1.165) is 12.8 Å². The zero-order valence-corrected chi connectivity index (χ0v) is 15.6. The van der Waals surface area contributed by atoms with Gasteiger partial charge in [0.2, 0.25) is 0 Å². The Bertz CT molecular complexity index is 250. The quantitative estimate of drug-likeness (QED) is 0.281. The maximum Gasteiger partial charge on any atom is 0.306 e. The van der Waals surface area contributed by atoms with Crippen LogP contribution in [0.4, 0.5) is 0 Å². The second-order valence-electron chi connectivity index (χ2n) is 6.31. The molecule has 0 unspecified atom stereocenters. The summed E-state index contributed by atoms with van der Waals surface area (Å²) in [4.78, 5) is 11.7. The lowest BCUT2D eigenvalue weighted by Gasteiger charge is -2.16. The average molecular weight is 331 g/mol. The Morgan fingerprint density at radius 3 is 1.61 bits per heavy atom. The molecule has 0 saturated heterocycles. The zero-order valence-electron chi connectivity index (χ0n) is 15.6. The van der Waals surface area contributed by atoms with Crippen LogP contribution in [0.2, 0.25) is 0 Å². The molecule has 0 rings (SSSR count). The number of rotatable bonds is 17. The third-order valence-electron chi connectivity index (χ3n) is 3.99. The number of hydrogen-bond acceptors (Lipinski definition) is 4. The van der Waals surface area contributed by atoms with Gasteiger partial charge < -0.3 is 14.2 Å². The Hall–Kier alpha value is -0.610. The second kappa shape index (κ2) is 17.7. The first-order valence-electron chi connectivity index (χ1n) is 9.41. The molecule has 0 aromatic heterocycles. The number of carbonyl (C=O) groups is 1. The number of methoxy groups -OCH3 is 2. The highest BCUT2D eigenvalue weighted by molar-refractivity contribution is 5.69. The third kappa shape index (κ3) is 16.0. The van der Waals surface area contributed by atoms with Gasteiger partial charge in [0.25, 0.3) is 0 Å². The van der Waals surface area contributed by atoms with E-state index in [0.29, 0.717) is 19.6 Å². The van der Waals surface area contributed by atoms with Crippen LogP contribution >= 0.6 is 0 Å². The van der Waals surface area contributed by atoms with Crippen molar-refractivity contribution in [1.29, 1.82) is 0 Å². The van der Waals surface area contributed by atoms with Gasteiger partial charge in [-0.3, -0.25) is 4.79 Å². The standard InChI is InChI=1S/C19H38O4/c1-4-5-6-7-8-9-10-11-12-13-14-15-19(20)23-18(16-21-2)17-22-3/h18H,4-17H2,1-3H3. The molecule has 0 aromatic carbocycles. The minimum absolute atomic E-state index is 0.139. The highest BCUT2D eigenvalue weighted by Crippen LogP contribution is 2.12. The van der Waals surface area contributed by atoms with Crippen molar-refractivity contribution < 1.29 is 19.0 Å². The summed E-state index contributed by atoms with van der Waals surface area (Å²) in [5, 5.41) is 0. The van der Waals surface area contributed by atoms with Gasteiger partial charge in [-0.05, 0) is 6.42 Å². The molecule has 0 fully saturated rings. The summed E-state index contributed by atoms with van der Waals surface area (Å²) < 4.78 is 15.4. The second-order valence-corrected chi connectivity index (χ2v) is 6.31. The van der Waals surface area contributed by atoms with Gasteiger partial charge in [-0.15, -0.1) is 0 Å². The van der Waals surface area contributed by atoms with Crippen LogP contribution in [-0.4, -0.2) is 39.5 Å². The number of hydrogen-bond donors (Lipinski definition) is 0. The van der Waals surface area contributed by atoms with Gasteiger partial charge >= 0.3 is 5.97 Å². The van der Waals surface area contributed by atoms with Crippen molar-refractivity contribution in [2.45, 2.75) is 90.1 Å². The summed E-state index contributed by atoms with van der Waals surface area (Å²) >= 11 is 0. The SMILES string of the molecule is CCCCCCCCCCCCCC(=O)OC(COC)COC. The molecule has 23 heavy (non-hydrogen) atoms. The van der Waals surface area contributed by atoms with Gasteiger partial charge in [-0.1, -0.05) is 71.1 Å². The Morgan fingerprint density at radius 1 is 0.739 bits per heavy atom. The molecule has 0 bridgehead atoms. The third-order valence-corrected chi connectivity index (χ3v) is 3.99. The van der Waals surface area contributed by atoms with E-state index in [4.69, 9.17) is 14.2 Å². The van der Waals surface area contributed by atoms with Crippen LogP contribution in [0.15, 0.2) is 0 Å². The first kappa shape index (κ1) is 22.4. The molecule has 0 N–H and O–H groups in total. The van der Waals surface area contributed by atoms with Crippen LogP contribution in [0.1, 0.15) is 84.0 Å². The summed E-state index contributed by atoms with van der Waals surface area (Å²) in [5.74, 6) is -0.139. The van der Waals surface area contributed by atoms with Crippen LogP contribution in [0.3, 0.4) is 0 Å². The van der Waals surface area contributed by atoms with Crippen LogP contribution in [-0.2, 0) is 19.0 Å². The van der Waals surface area contributed by atoms with Crippen LogP contribution in [0.25, 0.3) is 0 Å². The largest absolute Gasteiger partial charge is 0.457 e. The number of ether oxygens (including phenoxy) is 3. The maximum absolute atomic E-state index is 11.7. The normalized spacial score (nSPS) is 11.1. The van der Waals surface area contributed by atoms with E-state index in [2.05, 4.69) is 6.92 Å². The smallest absolute Gasteiger partial charge is 0.306 e. The summed E-state index contributed by atoms with van der Waals surface area (Å²) in [5.41, 5.74) is 0. The summed E-state index contributed by atoms with van der Waals surface area (Å²) in [6.07, 6.45) is 14.3. The van der Waals surface area contributed by atoms with Gasteiger partial charge in [0.1, 0.15) is 6.10 Å². The zero-order chi connectivity index (χ0) is 17.2. The molecule has 4 heteroatoms. The molecular weight excluding hydrogens is 292 g/mol. The van der Waals surface area contributed by atoms with Crippen molar-refractivity contribution in [3.8, 4) is 0 Å². The van der Waals surface area contributed by atoms with Crippen LogP contribution < -0.4 is 0 Å². The highest BCUT2D eigenvalue weighted by Gasteiger charge is 2.13. The fourth-order valence-electron chi connectivity index (χ4n) is 2.67. The first-order valence-corrected chi connectivity index (χ1v) is 9.41. The minimum atomic E-state index is -0.287. The Labute approximate surface area is 143 Å². The molecule has 0 aliphatic rings. The topological polar surface area (TPSA) is 44.8 Å². The molecule has 0 amide bonds. The summed E-state index contributed by atoms with van der Waals surface area (Å²) in [6, 6.07) is 0. The summed E-state index contributed by atoms with van der Waals surface area (Å²) in [7, 11) is 3.20. The fourth-order valence-corrected chi connectivity index (χ4v) is 2.67. The van der Waals surface area contributed by atoms with E-state index in [1.807, 2.05) is 0 Å². The molecular formula is C19H38O4. The molecule has 0 spiro atoms. The molecule has 4 nitrogen and oxygen atoms in total. The van der Waals surface area contributed by atoms with Gasteiger partial charge in [0.15, 0.2) is 0 Å².